The van der Waals surface area contributed by atoms with E-state index >= 15 is 0 Å². The smallest absolute Gasteiger partial charge is 0.413 e. The number of carbonyl (C=O) groups is 2. The van der Waals surface area contributed by atoms with Crippen LogP contribution >= 0.6 is 11.5 Å². The zero-order chi connectivity index (χ0) is 16.7. The van der Waals surface area contributed by atoms with Crippen molar-refractivity contribution in [2.75, 3.05) is 12.4 Å². The number of carbonyl (C=O) groups excluding carboxylic acids is 1. The lowest BCUT2D eigenvalue weighted by molar-refractivity contribution is -0.129. The van der Waals surface area contributed by atoms with E-state index in [9.17, 15) is 9.59 Å². The summed E-state index contributed by atoms with van der Waals surface area (Å²) in [6.45, 7) is 0.101. The van der Waals surface area contributed by atoms with E-state index in [4.69, 9.17) is 9.84 Å². The second-order valence-corrected chi connectivity index (χ2v) is 4.79. The summed E-state index contributed by atoms with van der Waals surface area (Å²) in [5, 5.41) is 14.7. The number of hydrogen-bond donors (Lipinski definition) is 2. The minimum absolute atomic E-state index is 0.0862. The highest BCUT2D eigenvalue weighted by molar-refractivity contribution is 7.10. The van der Waals surface area contributed by atoms with Crippen molar-refractivity contribution in [1.29, 1.82) is 0 Å². The predicted octanol–water partition coefficient (Wildman–Crippen LogP) is 1.72. The van der Waals surface area contributed by atoms with E-state index in [0.717, 1.165) is 17.1 Å². The summed E-state index contributed by atoms with van der Waals surface area (Å²) >= 11 is 0.798. The van der Waals surface area contributed by atoms with Crippen molar-refractivity contribution in [3.05, 3.63) is 41.7 Å². The van der Waals surface area contributed by atoms with Crippen LogP contribution in [-0.2, 0) is 21.0 Å². The molecule has 0 spiro atoms. The Labute approximate surface area is 134 Å². The maximum absolute atomic E-state index is 11.7. The van der Waals surface area contributed by atoms with Gasteiger partial charge in [0.05, 0.1) is 0 Å². The third-order valence-corrected chi connectivity index (χ3v) is 3.08. The quantitative estimate of drug-likeness (QED) is 0.608. The molecule has 0 atom stereocenters. The van der Waals surface area contributed by atoms with Crippen molar-refractivity contribution < 1.29 is 24.3 Å². The molecule has 1 aromatic carbocycles. The fraction of sp³-hybridized carbons (Fsp3) is 0.154. The van der Waals surface area contributed by atoms with Gasteiger partial charge < -0.3 is 14.7 Å². The van der Waals surface area contributed by atoms with E-state index in [0.29, 0.717) is 0 Å². The van der Waals surface area contributed by atoms with E-state index in [1.807, 2.05) is 30.3 Å². The van der Waals surface area contributed by atoms with Crippen molar-refractivity contribution in [2.24, 2.45) is 5.16 Å². The van der Waals surface area contributed by atoms with E-state index in [2.05, 4.69) is 24.7 Å². The van der Waals surface area contributed by atoms with Gasteiger partial charge in [-0.25, -0.2) is 9.59 Å². The molecule has 1 aromatic heterocycles. The van der Waals surface area contributed by atoms with E-state index in [1.54, 1.807) is 0 Å². The molecule has 0 fully saturated rings. The van der Waals surface area contributed by atoms with E-state index in [-0.39, 0.29) is 17.6 Å². The molecule has 23 heavy (non-hydrogen) atoms. The molecule has 2 N–H and O–H groups in total. The van der Waals surface area contributed by atoms with Crippen LogP contribution in [0.1, 0.15) is 11.4 Å². The number of nitrogens with one attached hydrogen (secondary N) is 1. The summed E-state index contributed by atoms with van der Waals surface area (Å²) in [4.78, 5) is 30.9. The van der Waals surface area contributed by atoms with Gasteiger partial charge >= 0.3 is 12.1 Å². The maximum Gasteiger partial charge on any atom is 0.413 e. The number of anilines is 1. The average molecular weight is 336 g/mol. The number of amides is 1. The molecule has 10 heteroatoms. The predicted molar refractivity (Wildman–Crippen MR) is 81.3 cm³/mol. The van der Waals surface area contributed by atoms with Crippen molar-refractivity contribution >= 4 is 34.4 Å². The zero-order valence-electron chi connectivity index (χ0n) is 11.9. The van der Waals surface area contributed by atoms with E-state index in [1.165, 1.54) is 7.11 Å². The Balaban J connectivity index is 1.94. The zero-order valence-corrected chi connectivity index (χ0v) is 12.7. The summed E-state index contributed by atoms with van der Waals surface area (Å²) < 4.78 is 8.81. The normalized spacial score (nSPS) is 10.9. The number of rotatable bonds is 6. The van der Waals surface area contributed by atoms with Crippen molar-refractivity contribution in [2.45, 2.75) is 6.61 Å². The fourth-order valence-corrected chi connectivity index (χ4v) is 2.04. The number of benzene rings is 1. The van der Waals surface area contributed by atoms with Gasteiger partial charge in [0.15, 0.2) is 0 Å². The number of hydrogen-bond acceptors (Lipinski definition) is 8. The van der Waals surface area contributed by atoms with Gasteiger partial charge in [-0.3, -0.25) is 5.32 Å². The molecule has 0 saturated heterocycles. The second-order valence-electron chi connectivity index (χ2n) is 4.04. The number of carboxylic acid groups (broad SMARTS) is 1. The molecule has 0 unspecified atom stereocenters. The molecular formula is C13H12N4O5S. The fourth-order valence-electron chi connectivity index (χ4n) is 1.48. The van der Waals surface area contributed by atoms with Gasteiger partial charge in [0, 0.05) is 11.5 Å². The number of carboxylic acids is 1. The SMILES string of the molecule is CO/N=C(\C(=O)O)c1nsc(NC(=O)OCc2ccccc2)n1. The maximum atomic E-state index is 11.7. The van der Waals surface area contributed by atoms with Crippen LogP contribution in [0, 0.1) is 0 Å². The minimum atomic E-state index is -1.34. The number of aliphatic carboxylic acids is 1. The first-order chi connectivity index (χ1) is 11.1. The van der Waals surface area contributed by atoms with E-state index < -0.39 is 17.8 Å². The molecule has 0 aliphatic rings. The van der Waals surface area contributed by atoms with Gasteiger partial charge in [-0.1, -0.05) is 35.5 Å². The highest BCUT2D eigenvalue weighted by Crippen LogP contribution is 2.13. The highest BCUT2D eigenvalue weighted by Gasteiger charge is 2.20. The Morgan fingerprint density at radius 2 is 2.09 bits per heavy atom. The summed E-state index contributed by atoms with van der Waals surface area (Å²) in [6, 6.07) is 9.15. The van der Waals surface area contributed by atoms with Crippen LogP contribution in [0.4, 0.5) is 9.93 Å². The lowest BCUT2D eigenvalue weighted by Crippen LogP contribution is -2.17. The van der Waals surface area contributed by atoms with Gasteiger partial charge in [0.1, 0.15) is 13.7 Å². The number of oxime groups is 1. The molecule has 0 aliphatic heterocycles. The van der Waals surface area contributed by atoms with Crippen LogP contribution < -0.4 is 5.32 Å². The number of nitrogens with zero attached hydrogens (tertiary/aromatic N) is 3. The first kappa shape index (κ1) is 16.4. The lowest BCUT2D eigenvalue weighted by Gasteiger charge is -2.04. The molecule has 0 saturated carbocycles. The standard InChI is InChI=1S/C13H12N4O5S/c1-21-16-9(11(18)19)10-14-12(23-17-10)15-13(20)22-7-8-5-3-2-4-6-8/h2-6H,7H2,1H3,(H,18,19)(H,14,15,17,20)/b16-9-. The Kier molecular flexibility index (Phi) is 5.58. The van der Waals surface area contributed by atoms with Crippen molar-refractivity contribution in [1.82, 2.24) is 9.36 Å². The molecule has 1 amide bonds. The second kappa shape index (κ2) is 7.84. The molecule has 1 heterocycles. The Morgan fingerprint density at radius 3 is 2.74 bits per heavy atom. The largest absolute Gasteiger partial charge is 0.476 e. The van der Waals surface area contributed by atoms with Crippen molar-refractivity contribution in [3.63, 3.8) is 0 Å². The number of aromatic nitrogens is 2. The minimum Gasteiger partial charge on any atom is -0.476 e. The van der Waals surface area contributed by atoms with Crippen LogP contribution in [0.5, 0.6) is 0 Å². The lowest BCUT2D eigenvalue weighted by atomic mass is 10.2. The van der Waals surface area contributed by atoms with Crippen LogP contribution in [0.25, 0.3) is 0 Å². The van der Waals surface area contributed by atoms with Crippen LogP contribution in [0.3, 0.4) is 0 Å². The molecule has 2 aromatic rings. The molecular weight excluding hydrogens is 324 g/mol. The first-order valence-electron chi connectivity index (χ1n) is 6.26. The molecule has 120 valence electrons. The van der Waals surface area contributed by atoms with Gasteiger partial charge in [0.25, 0.3) is 0 Å². The van der Waals surface area contributed by atoms with Crippen molar-refractivity contribution in [3.8, 4) is 0 Å². The van der Waals surface area contributed by atoms with Gasteiger partial charge in [-0.2, -0.15) is 9.36 Å². The molecule has 0 radical (unpaired) electrons. The van der Waals surface area contributed by atoms with Crippen LogP contribution in [0.2, 0.25) is 0 Å². The van der Waals surface area contributed by atoms with Gasteiger partial charge in [-0.05, 0) is 5.56 Å². The summed E-state index contributed by atoms with van der Waals surface area (Å²) in [6.07, 6.45) is -0.725. The Hall–Kier alpha value is -3.01. The monoisotopic (exact) mass is 336 g/mol. The summed E-state index contributed by atoms with van der Waals surface area (Å²) in [5.41, 5.74) is 0.371. The Bertz CT molecular complexity index is 716. The summed E-state index contributed by atoms with van der Waals surface area (Å²) in [7, 11) is 1.20. The van der Waals surface area contributed by atoms with Gasteiger partial charge in [-0.15, -0.1) is 0 Å². The highest BCUT2D eigenvalue weighted by atomic mass is 32.1. The summed E-state index contributed by atoms with van der Waals surface area (Å²) in [5.74, 6) is -1.51. The van der Waals surface area contributed by atoms with Crippen LogP contribution in [0.15, 0.2) is 35.5 Å². The van der Waals surface area contributed by atoms with Crippen LogP contribution in [-0.4, -0.2) is 39.3 Å². The number of ether oxygens (including phenoxy) is 1. The molecule has 0 aliphatic carbocycles. The topological polar surface area (TPSA) is 123 Å². The van der Waals surface area contributed by atoms with Gasteiger partial charge in [0.2, 0.25) is 16.7 Å². The third kappa shape index (κ3) is 4.74. The molecule has 9 nitrogen and oxygen atoms in total. The first-order valence-corrected chi connectivity index (χ1v) is 7.03. The third-order valence-electron chi connectivity index (χ3n) is 2.44. The molecule has 2 rings (SSSR count). The average Bonchev–Trinajstić information content (AvgIpc) is 2.99. The molecule has 0 bridgehead atoms. The Morgan fingerprint density at radius 1 is 1.35 bits per heavy atom.